The van der Waals surface area contributed by atoms with Crippen LogP contribution in [0.2, 0.25) is 0 Å². The molecule has 1 aliphatic rings. The lowest BCUT2D eigenvalue weighted by atomic mass is 9.85. The summed E-state index contributed by atoms with van der Waals surface area (Å²) in [5.41, 5.74) is 0.953. The summed E-state index contributed by atoms with van der Waals surface area (Å²) in [7, 11) is 2.01. The van der Waals surface area contributed by atoms with Gasteiger partial charge in [0.05, 0.1) is 10.5 Å². The highest BCUT2D eigenvalue weighted by atomic mass is 16.6. The van der Waals surface area contributed by atoms with Crippen LogP contribution in [0, 0.1) is 16.0 Å². The van der Waals surface area contributed by atoms with Gasteiger partial charge in [0, 0.05) is 24.8 Å². The molecule has 1 fully saturated rings. The molecular formula is C16H22N2O3. The van der Waals surface area contributed by atoms with Crippen LogP contribution in [0.25, 0.3) is 0 Å². The second kappa shape index (κ2) is 6.24. The van der Waals surface area contributed by atoms with Crippen molar-refractivity contribution in [2.75, 3.05) is 11.9 Å². The van der Waals surface area contributed by atoms with E-state index in [0.29, 0.717) is 12.0 Å². The molecule has 21 heavy (non-hydrogen) atoms. The zero-order valence-electron chi connectivity index (χ0n) is 12.8. The van der Waals surface area contributed by atoms with E-state index in [1.807, 2.05) is 7.05 Å². The first-order chi connectivity index (χ1) is 9.91. The summed E-state index contributed by atoms with van der Waals surface area (Å²) in [5.74, 6) is 0.327. The second-order valence-corrected chi connectivity index (χ2v) is 5.95. The standard InChI is InChI=1S/C16H22N2O3/c1-11-6-4-5-7-15(11)17(3)13-8-9-16(18(20)21)14(10-13)12(2)19/h8-11,15H,4-7H2,1-3H3. The molecule has 114 valence electrons. The van der Waals surface area contributed by atoms with Crippen LogP contribution < -0.4 is 4.90 Å². The van der Waals surface area contributed by atoms with Crippen LogP contribution >= 0.6 is 0 Å². The molecule has 0 amide bonds. The third-order valence-corrected chi connectivity index (χ3v) is 4.53. The fraction of sp³-hybridized carbons (Fsp3) is 0.562. The zero-order chi connectivity index (χ0) is 15.6. The molecule has 0 spiro atoms. The van der Waals surface area contributed by atoms with E-state index < -0.39 is 4.92 Å². The summed E-state index contributed by atoms with van der Waals surface area (Å²) in [6.07, 6.45) is 4.82. The van der Waals surface area contributed by atoms with Gasteiger partial charge >= 0.3 is 0 Å². The van der Waals surface area contributed by atoms with Crippen molar-refractivity contribution in [2.45, 2.75) is 45.6 Å². The molecule has 1 aromatic rings. The fourth-order valence-corrected chi connectivity index (χ4v) is 3.25. The topological polar surface area (TPSA) is 63.5 Å². The summed E-state index contributed by atoms with van der Waals surface area (Å²) in [6.45, 7) is 3.62. The highest BCUT2D eigenvalue weighted by Crippen LogP contribution is 2.32. The average molecular weight is 290 g/mol. The van der Waals surface area contributed by atoms with E-state index in [0.717, 1.165) is 12.1 Å². The average Bonchev–Trinajstić information content (AvgIpc) is 2.46. The lowest BCUT2D eigenvalue weighted by Crippen LogP contribution is -2.39. The normalized spacial score (nSPS) is 21.9. The fourth-order valence-electron chi connectivity index (χ4n) is 3.25. The Morgan fingerprint density at radius 2 is 2.00 bits per heavy atom. The van der Waals surface area contributed by atoms with Gasteiger partial charge in [0.25, 0.3) is 5.69 Å². The Bertz CT molecular complexity index is 556. The molecule has 2 rings (SSSR count). The molecule has 0 bridgehead atoms. The second-order valence-electron chi connectivity index (χ2n) is 5.95. The first-order valence-electron chi connectivity index (χ1n) is 7.44. The quantitative estimate of drug-likeness (QED) is 0.480. The maximum atomic E-state index is 11.7. The van der Waals surface area contributed by atoms with E-state index in [-0.39, 0.29) is 17.0 Å². The molecule has 2 atom stereocenters. The number of carbonyl (C=O) groups is 1. The number of nitro benzene ring substituents is 1. The summed E-state index contributed by atoms with van der Waals surface area (Å²) in [6, 6.07) is 5.27. The van der Waals surface area contributed by atoms with E-state index in [1.165, 1.54) is 32.3 Å². The van der Waals surface area contributed by atoms with Gasteiger partial charge in [-0.25, -0.2) is 0 Å². The maximum Gasteiger partial charge on any atom is 0.280 e. The predicted molar refractivity (Wildman–Crippen MR) is 82.9 cm³/mol. The third-order valence-electron chi connectivity index (χ3n) is 4.53. The molecule has 2 unspecified atom stereocenters. The number of anilines is 1. The Hall–Kier alpha value is -1.91. The minimum Gasteiger partial charge on any atom is -0.371 e. The SMILES string of the molecule is CC(=O)c1cc(N(C)C2CCCCC2C)ccc1[N+](=O)[O-]. The number of nitrogens with zero attached hydrogens (tertiary/aromatic N) is 2. The molecule has 0 radical (unpaired) electrons. The van der Waals surface area contributed by atoms with Crippen molar-refractivity contribution in [3.8, 4) is 0 Å². The van der Waals surface area contributed by atoms with Crippen LogP contribution in [0.3, 0.4) is 0 Å². The van der Waals surface area contributed by atoms with Gasteiger partial charge in [-0.2, -0.15) is 0 Å². The Morgan fingerprint density at radius 1 is 1.33 bits per heavy atom. The van der Waals surface area contributed by atoms with Crippen LogP contribution in [0.5, 0.6) is 0 Å². The Kier molecular flexibility index (Phi) is 4.60. The van der Waals surface area contributed by atoms with Crippen LogP contribution in [0.1, 0.15) is 49.9 Å². The monoisotopic (exact) mass is 290 g/mol. The third kappa shape index (κ3) is 3.23. The predicted octanol–water partition coefficient (Wildman–Crippen LogP) is 3.81. The molecule has 0 heterocycles. The molecule has 5 nitrogen and oxygen atoms in total. The number of carbonyl (C=O) groups excluding carboxylic acids is 1. The lowest BCUT2D eigenvalue weighted by Gasteiger charge is -2.37. The van der Waals surface area contributed by atoms with Gasteiger partial charge in [-0.1, -0.05) is 19.8 Å². The molecule has 1 aliphatic carbocycles. The van der Waals surface area contributed by atoms with E-state index >= 15 is 0 Å². The van der Waals surface area contributed by atoms with Crippen LogP contribution in [-0.4, -0.2) is 23.8 Å². The van der Waals surface area contributed by atoms with Crippen molar-refractivity contribution < 1.29 is 9.72 Å². The van der Waals surface area contributed by atoms with Crippen molar-refractivity contribution in [3.05, 3.63) is 33.9 Å². The zero-order valence-corrected chi connectivity index (χ0v) is 12.8. The molecule has 0 N–H and O–H groups in total. The van der Waals surface area contributed by atoms with Crippen molar-refractivity contribution in [1.82, 2.24) is 0 Å². The van der Waals surface area contributed by atoms with Gasteiger partial charge < -0.3 is 4.90 Å². The number of ketones is 1. The van der Waals surface area contributed by atoms with Crippen molar-refractivity contribution >= 4 is 17.2 Å². The number of nitro groups is 1. The van der Waals surface area contributed by atoms with Gasteiger partial charge in [0.2, 0.25) is 0 Å². The van der Waals surface area contributed by atoms with Gasteiger partial charge in [0.15, 0.2) is 5.78 Å². The van der Waals surface area contributed by atoms with Gasteiger partial charge in [0.1, 0.15) is 0 Å². The van der Waals surface area contributed by atoms with Gasteiger partial charge in [-0.05, 0) is 37.8 Å². The molecule has 0 aliphatic heterocycles. The van der Waals surface area contributed by atoms with Crippen molar-refractivity contribution in [1.29, 1.82) is 0 Å². The Balaban J connectivity index is 2.33. The van der Waals surface area contributed by atoms with Crippen LogP contribution in [-0.2, 0) is 0 Å². The highest BCUT2D eigenvalue weighted by Gasteiger charge is 2.26. The number of hydrogen-bond acceptors (Lipinski definition) is 4. The van der Waals surface area contributed by atoms with Gasteiger partial charge in [-0.3, -0.25) is 14.9 Å². The Labute approximate surface area is 125 Å². The van der Waals surface area contributed by atoms with E-state index in [2.05, 4.69) is 11.8 Å². The van der Waals surface area contributed by atoms with Crippen LogP contribution in [0.15, 0.2) is 18.2 Å². The largest absolute Gasteiger partial charge is 0.371 e. The van der Waals surface area contributed by atoms with E-state index in [1.54, 1.807) is 12.1 Å². The lowest BCUT2D eigenvalue weighted by molar-refractivity contribution is -0.385. The number of hydrogen-bond donors (Lipinski definition) is 0. The highest BCUT2D eigenvalue weighted by molar-refractivity contribution is 5.99. The number of Topliss-reactive ketones (excluding diaryl/α,β-unsaturated/α-hetero) is 1. The number of rotatable bonds is 4. The van der Waals surface area contributed by atoms with E-state index in [4.69, 9.17) is 0 Å². The van der Waals surface area contributed by atoms with Gasteiger partial charge in [-0.15, -0.1) is 0 Å². The number of benzene rings is 1. The summed E-state index contributed by atoms with van der Waals surface area (Å²) in [4.78, 5) is 24.3. The molecule has 0 saturated heterocycles. The first-order valence-corrected chi connectivity index (χ1v) is 7.44. The molecule has 1 aromatic carbocycles. The maximum absolute atomic E-state index is 11.7. The van der Waals surface area contributed by atoms with Crippen molar-refractivity contribution in [2.24, 2.45) is 5.92 Å². The summed E-state index contributed by atoms with van der Waals surface area (Å²) >= 11 is 0. The molecule has 0 aromatic heterocycles. The molecule has 1 saturated carbocycles. The minimum absolute atomic E-state index is 0.114. The smallest absolute Gasteiger partial charge is 0.280 e. The van der Waals surface area contributed by atoms with Crippen molar-refractivity contribution in [3.63, 3.8) is 0 Å². The summed E-state index contributed by atoms with van der Waals surface area (Å²) < 4.78 is 0. The van der Waals surface area contributed by atoms with E-state index in [9.17, 15) is 14.9 Å². The molecule has 5 heteroatoms. The first kappa shape index (κ1) is 15.5. The Morgan fingerprint density at radius 3 is 2.57 bits per heavy atom. The summed E-state index contributed by atoms with van der Waals surface area (Å²) in [5, 5.41) is 11.0. The minimum atomic E-state index is -0.496. The van der Waals surface area contributed by atoms with Crippen LogP contribution in [0.4, 0.5) is 11.4 Å². The molecular weight excluding hydrogens is 268 g/mol.